The van der Waals surface area contributed by atoms with Gasteiger partial charge in [0.05, 0.1) is 0 Å². The van der Waals surface area contributed by atoms with Gasteiger partial charge in [-0.1, -0.05) is 74.8 Å². The van der Waals surface area contributed by atoms with Gasteiger partial charge in [-0.25, -0.2) is 0 Å². The zero-order valence-corrected chi connectivity index (χ0v) is 17.2. The van der Waals surface area contributed by atoms with E-state index in [1.807, 2.05) is 6.07 Å². The van der Waals surface area contributed by atoms with Crippen LogP contribution in [0.5, 0.6) is 0 Å². The number of nitrogens with two attached hydrogens (primary N) is 1. The van der Waals surface area contributed by atoms with Crippen molar-refractivity contribution in [1.29, 1.82) is 0 Å². The average molecular weight is 405 g/mol. The summed E-state index contributed by atoms with van der Waals surface area (Å²) in [6.07, 6.45) is 7.71. The quantitative estimate of drug-likeness (QED) is 0.320. The van der Waals surface area contributed by atoms with Crippen LogP contribution >= 0.6 is 24.0 Å². The molecule has 0 aliphatic rings. The van der Waals surface area contributed by atoms with E-state index in [-0.39, 0.29) is 48.9 Å². The van der Waals surface area contributed by atoms with Crippen LogP contribution in [0, 0.1) is 0 Å². The van der Waals surface area contributed by atoms with E-state index < -0.39 is 0 Å². The number of thiocarbonyl (C=S) groups is 1. The monoisotopic (exact) mass is 405 g/mol. The van der Waals surface area contributed by atoms with E-state index in [1.165, 1.54) is 54.3 Å². The first-order valence-corrected chi connectivity index (χ1v) is 7.51. The second-order valence-electron chi connectivity index (χ2n) is 4.19. The number of rotatable bonds is 7. The van der Waals surface area contributed by atoms with Crippen LogP contribution in [-0.2, 0) is 6.42 Å². The Morgan fingerprint density at radius 1 is 1.17 bits per heavy atom. The van der Waals surface area contributed by atoms with Gasteiger partial charge in [0, 0.05) is 53.8 Å². The summed E-state index contributed by atoms with van der Waals surface area (Å²) >= 11 is 6.45. The van der Waals surface area contributed by atoms with Crippen LogP contribution in [0.25, 0.3) is 0 Å². The number of hydrogen-bond acceptors (Lipinski definition) is 2. The molecule has 1 nitrogen and oxygen atoms in total. The van der Waals surface area contributed by atoms with Gasteiger partial charge in [0.15, 0.2) is 0 Å². The molecule has 4 heteroatoms. The molecule has 1 rings (SSSR count). The Hall–Kier alpha value is 1.03. The van der Waals surface area contributed by atoms with E-state index >= 15 is 0 Å². The maximum atomic E-state index is 5.58. The summed E-state index contributed by atoms with van der Waals surface area (Å²) in [5.41, 5.74) is 6.96. The second kappa shape index (κ2) is 11.8. The summed E-state index contributed by atoms with van der Waals surface area (Å²) in [6, 6.07) is 8.41. The van der Waals surface area contributed by atoms with Crippen LogP contribution in [0.1, 0.15) is 44.6 Å². The Balaban J connectivity index is 0.00000289. The molecule has 0 saturated heterocycles. The van der Waals surface area contributed by atoms with Crippen molar-refractivity contribution in [2.24, 2.45) is 5.73 Å². The van der Waals surface area contributed by atoms with E-state index in [1.54, 1.807) is 0 Å². The van der Waals surface area contributed by atoms with Crippen molar-refractivity contribution in [3.63, 3.8) is 0 Å². The molecule has 1 aromatic carbocycles. The van der Waals surface area contributed by atoms with Crippen molar-refractivity contribution in [1.82, 2.24) is 0 Å². The van der Waals surface area contributed by atoms with Crippen LogP contribution in [0.15, 0.2) is 29.2 Å². The second-order valence-corrected chi connectivity index (χ2v) is 5.98. The third-order valence-corrected chi connectivity index (χ3v) is 3.80. The molecule has 2 radical (unpaired) electrons. The maximum Gasteiger partial charge on any atom is 0.136 e. The smallest absolute Gasteiger partial charge is 0.136 e. The third kappa shape index (κ3) is 8.25. The van der Waals surface area contributed by atoms with Crippen LogP contribution in [0.2, 0.25) is 0 Å². The van der Waals surface area contributed by atoms with Crippen molar-refractivity contribution in [3.8, 4) is 0 Å². The van der Waals surface area contributed by atoms with Crippen molar-refractivity contribution in [2.45, 2.75) is 50.3 Å². The minimum atomic E-state index is 0. The number of benzene rings is 1. The van der Waals surface area contributed by atoms with Gasteiger partial charge in [-0.3, -0.25) is 0 Å². The predicted molar refractivity (Wildman–Crippen MR) is 87.3 cm³/mol. The molecule has 0 saturated carbocycles. The number of hydrogen-bond donors (Lipinski definition) is 1. The van der Waals surface area contributed by atoms with E-state index in [0.717, 1.165) is 6.42 Å². The molecule has 0 aliphatic carbocycles. The van der Waals surface area contributed by atoms with Gasteiger partial charge in [0.2, 0.25) is 0 Å². The Kier molecular flexibility index (Phi) is 12.5. The minimum absolute atomic E-state index is 0. The Bertz CT molecular complexity index is 355. The molecule has 0 aromatic heterocycles. The molecule has 0 aliphatic heterocycles. The van der Waals surface area contributed by atoms with E-state index in [9.17, 15) is 0 Å². The summed E-state index contributed by atoms with van der Waals surface area (Å²) in [7, 11) is 0. The maximum absolute atomic E-state index is 5.58. The summed E-state index contributed by atoms with van der Waals surface area (Å²) in [4.78, 5) is 1.22. The normalized spacial score (nSPS) is 9.83. The molecular formula is C14H21BaNS2. The van der Waals surface area contributed by atoms with Crippen LogP contribution in [0.4, 0.5) is 0 Å². The first kappa shape index (κ1) is 19.0. The molecule has 0 spiro atoms. The summed E-state index contributed by atoms with van der Waals surface area (Å²) in [6.45, 7) is 2.24. The first-order valence-electron chi connectivity index (χ1n) is 6.29. The van der Waals surface area contributed by atoms with Gasteiger partial charge in [-0.15, -0.1) is 0 Å². The molecule has 2 N–H and O–H groups in total. The molecule has 96 valence electrons. The molecule has 0 fully saturated rings. The Labute approximate surface area is 161 Å². The standard InChI is InChI=1S/C14H21NS2.Ba/c1-2-3-4-5-6-9-12-10-7-8-11-13(12)17-14(15)16;/h7-8,10-11H,2-6,9H2,1H3,(H2,15,16);. The molecule has 0 heterocycles. The van der Waals surface area contributed by atoms with Crippen LogP contribution < -0.4 is 5.73 Å². The van der Waals surface area contributed by atoms with Gasteiger partial charge < -0.3 is 5.73 Å². The fourth-order valence-electron chi connectivity index (χ4n) is 1.84. The van der Waals surface area contributed by atoms with Crippen LogP contribution in [0.3, 0.4) is 0 Å². The molecule has 0 atom stereocenters. The zero-order valence-electron chi connectivity index (χ0n) is 11.2. The van der Waals surface area contributed by atoms with Crippen LogP contribution in [-0.4, -0.2) is 53.2 Å². The fraction of sp³-hybridized carbons (Fsp3) is 0.500. The molecule has 0 bridgehead atoms. The number of thioether (sulfide) groups is 1. The van der Waals surface area contributed by atoms with Gasteiger partial charge in [-0.05, 0) is 24.5 Å². The van der Waals surface area contributed by atoms with Crippen molar-refractivity contribution in [3.05, 3.63) is 29.8 Å². The summed E-state index contributed by atoms with van der Waals surface area (Å²) < 4.78 is 0.503. The largest absolute Gasteiger partial charge is 0.384 e. The fourth-order valence-corrected chi connectivity index (χ4v) is 2.77. The minimum Gasteiger partial charge on any atom is -0.384 e. The SMILES string of the molecule is CCCCCCCc1ccccc1SC(N)=S.[Ba]. The molecule has 1 aromatic rings. The Morgan fingerprint density at radius 2 is 1.83 bits per heavy atom. The topological polar surface area (TPSA) is 26.0 Å². The number of aryl methyl sites for hydroxylation is 1. The Morgan fingerprint density at radius 3 is 2.50 bits per heavy atom. The number of unbranched alkanes of at least 4 members (excludes halogenated alkanes) is 4. The average Bonchev–Trinajstić information content (AvgIpc) is 2.30. The third-order valence-electron chi connectivity index (χ3n) is 2.73. The molecular weight excluding hydrogens is 384 g/mol. The van der Waals surface area contributed by atoms with Crippen molar-refractivity contribution >= 4 is 77.2 Å². The van der Waals surface area contributed by atoms with Gasteiger partial charge in [0.1, 0.15) is 4.32 Å². The zero-order chi connectivity index (χ0) is 12.5. The molecule has 0 unspecified atom stereocenters. The van der Waals surface area contributed by atoms with Gasteiger partial charge >= 0.3 is 0 Å². The van der Waals surface area contributed by atoms with Gasteiger partial charge in [-0.2, -0.15) is 0 Å². The molecule has 18 heavy (non-hydrogen) atoms. The van der Waals surface area contributed by atoms with Crippen molar-refractivity contribution < 1.29 is 0 Å². The van der Waals surface area contributed by atoms with E-state index in [2.05, 4.69) is 25.1 Å². The summed E-state index contributed by atoms with van der Waals surface area (Å²) in [5.74, 6) is 0. The van der Waals surface area contributed by atoms with E-state index in [0.29, 0.717) is 4.32 Å². The van der Waals surface area contributed by atoms with E-state index in [4.69, 9.17) is 18.0 Å². The summed E-state index contributed by atoms with van der Waals surface area (Å²) in [5, 5.41) is 0. The predicted octanol–water partition coefficient (Wildman–Crippen LogP) is 4.15. The first-order chi connectivity index (χ1) is 8.24. The van der Waals surface area contributed by atoms with Crippen molar-refractivity contribution in [2.75, 3.05) is 0 Å². The van der Waals surface area contributed by atoms with Gasteiger partial charge in [0.25, 0.3) is 0 Å². The molecule has 0 amide bonds.